The first-order valence-corrected chi connectivity index (χ1v) is 12.7. The quantitative estimate of drug-likeness (QED) is 0.394. The van der Waals surface area contributed by atoms with E-state index in [1.165, 1.54) is 6.07 Å². The second kappa shape index (κ2) is 11.0. The number of H-pyrrole nitrogens is 1. The maximum absolute atomic E-state index is 11.5. The number of nitrogens with zero attached hydrogens (tertiary/aromatic N) is 1. The van der Waals surface area contributed by atoms with Gasteiger partial charge in [-0.05, 0) is 36.5 Å². The summed E-state index contributed by atoms with van der Waals surface area (Å²) in [6.45, 7) is 15.5. The molecule has 0 amide bonds. The highest BCUT2D eigenvalue weighted by molar-refractivity contribution is 7.80. The molecule has 8 heteroatoms. The van der Waals surface area contributed by atoms with Crippen LogP contribution in [0.3, 0.4) is 0 Å². The van der Waals surface area contributed by atoms with Crippen molar-refractivity contribution in [2.75, 3.05) is 32.9 Å². The predicted octanol–water partition coefficient (Wildman–Crippen LogP) is 3.10. The number of rotatable bonds is 5. The van der Waals surface area contributed by atoms with Crippen LogP contribution in [0.15, 0.2) is 15.9 Å². The van der Waals surface area contributed by atoms with E-state index in [0.29, 0.717) is 23.6 Å². The maximum Gasteiger partial charge on any atom is 0.249 e. The van der Waals surface area contributed by atoms with E-state index in [-0.39, 0.29) is 10.6 Å². The van der Waals surface area contributed by atoms with Gasteiger partial charge in [0.25, 0.3) is 0 Å². The van der Waals surface area contributed by atoms with E-state index in [1.54, 1.807) is 0 Å². The lowest BCUT2D eigenvalue weighted by atomic mass is 10.1. The van der Waals surface area contributed by atoms with Gasteiger partial charge in [-0.3, -0.25) is 4.79 Å². The Bertz CT molecular complexity index is 677. The summed E-state index contributed by atoms with van der Waals surface area (Å²) >= 11 is 4.14. The number of nitriles is 1. The Labute approximate surface area is 169 Å². The van der Waals surface area contributed by atoms with Crippen LogP contribution in [0.2, 0.25) is 18.1 Å². The number of nitrogens with one attached hydrogen (secondary N) is 2. The molecule has 152 valence electrons. The van der Waals surface area contributed by atoms with Crippen molar-refractivity contribution in [1.29, 1.82) is 5.26 Å². The van der Waals surface area contributed by atoms with Crippen molar-refractivity contribution in [3.63, 3.8) is 0 Å². The summed E-state index contributed by atoms with van der Waals surface area (Å²) in [4.78, 5) is 14.0. The second-order valence-corrected chi connectivity index (χ2v) is 13.3. The summed E-state index contributed by atoms with van der Waals surface area (Å²) in [5, 5.41) is 12.8. The van der Waals surface area contributed by atoms with Gasteiger partial charge < -0.3 is 19.5 Å². The Kier molecular flexibility index (Phi) is 9.77. The molecule has 0 radical (unpaired) electrons. The summed E-state index contributed by atoms with van der Waals surface area (Å²) in [5.74, 6) is 0. The van der Waals surface area contributed by atoms with Gasteiger partial charge in [-0.1, -0.05) is 20.8 Å². The van der Waals surface area contributed by atoms with Crippen molar-refractivity contribution >= 4 is 20.9 Å². The zero-order valence-electron chi connectivity index (χ0n) is 17.1. The Balaban J connectivity index is 0.000000511. The third kappa shape index (κ3) is 8.19. The molecule has 1 aliphatic rings. The fourth-order valence-electron chi connectivity index (χ4n) is 2.24. The van der Waals surface area contributed by atoms with Crippen LogP contribution in [0.1, 0.15) is 38.3 Å². The lowest BCUT2D eigenvalue weighted by Crippen LogP contribution is -2.41. The van der Waals surface area contributed by atoms with Crippen LogP contribution >= 0.6 is 12.6 Å². The van der Waals surface area contributed by atoms with E-state index in [1.807, 2.05) is 0 Å². The van der Waals surface area contributed by atoms with Crippen LogP contribution in [-0.2, 0) is 15.6 Å². The molecule has 1 aromatic rings. The van der Waals surface area contributed by atoms with Gasteiger partial charge in [-0.15, -0.1) is 12.6 Å². The highest BCUT2D eigenvalue weighted by Crippen LogP contribution is 2.36. The van der Waals surface area contributed by atoms with E-state index >= 15 is 0 Å². The number of aromatic amines is 1. The first kappa shape index (κ1) is 23.9. The van der Waals surface area contributed by atoms with E-state index in [4.69, 9.17) is 14.4 Å². The normalized spacial score (nSPS) is 14.9. The number of thiol groups is 1. The minimum Gasteiger partial charge on any atom is -0.417 e. The molecule has 1 aromatic heterocycles. The summed E-state index contributed by atoms with van der Waals surface area (Å²) in [6.07, 6.45) is 1.44. The molecule has 6 nitrogen and oxygen atoms in total. The zero-order valence-corrected chi connectivity index (χ0v) is 19.0. The maximum atomic E-state index is 11.5. The molecule has 0 atom stereocenters. The molecule has 2 N–H and O–H groups in total. The minimum atomic E-state index is -1.73. The SMILES string of the molecule is C1COCCN1.CC(C)(C)[Si](C)(C)OCCCc1cc(=O)[nH]c(S)c1C#N. The average Bonchev–Trinajstić information content (AvgIpc) is 2.59. The van der Waals surface area contributed by atoms with Crippen molar-refractivity contribution in [3.05, 3.63) is 27.5 Å². The second-order valence-electron chi connectivity index (χ2n) is 8.07. The van der Waals surface area contributed by atoms with Crippen molar-refractivity contribution in [3.8, 4) is 6.07 Å². The predicted molar refractivity (Wildman–Crippen MR) is 114 cm³/mol. The molecule has 27 heavy (non-hydrogen) atoms. The van der Waals surface area contributed by atoms with Gasteiger partial charge in [0.05, 0.1) is 23.8 Å². The van der Waals surface area contributed by atoms with Crippen LogP contribution in [0.5, 0.6) is 0 Å². The summed E-state index contributed by atoms with van der Waals surface area (Å²) in [6, 6.07) is 3.57. The van der Waals surface area contributed by atoms with Crippen LogP contribution in [-0.4, -0.2) is 46.2 Å². The number of pyridine rings is 1. The number of hydrogen-bond acceptors (Lipinski definition) is 6. The van der Waals surface area contributed by atoms with Gasteiger partial charge in [-0.25, -0.2) is 0 Å². The van der Waals surface area contributed by atoms with Gasteiger partial charge in [0.15, 0.2) is 8.32 Å². The summed E-state index contributed by atoms with van der Waals surface area (Å²) in [5.41, 5.74) is 0.967. The van der Waals surface area contributed by atoms with E-state index in [0.717, 1.165) is 38.3 Å². The lowest BCUT2D eigenvalue weighted by Gasteiger charge is -2.36. The molecule has 0 aliphatic carbocycles. The van der Waals surface area contributed by atoms with Gasteiger partial charge in [-0.2, -0.15) is 5.26 Å². The number of ether oxygens (including phenoxy) is 1. The topological polar surface area (TPSA) is 87.1 Å². The monoisotopic (exact) mass is 411 g/mol. The minimum absolute atomic E-state index is 0.187. The fourth-order valence-corrected chi connectivity index (χ4v) is 3.63. The van der Waals surface area contributed by atoms with Crippen molar-refractivity contribution in [2.45, 2.75) is 56.8 Å². The van der Waals surface area contributed by atoms with Gasteiger partial charge in [0.2, 0.25) is 5.56 Å². The average molecular weight is 412 g/mol. The number of aryl methyl sites for hydroxylation is 1. The Morgan fingerprint density at radius 3 is 2.41 bits per heavy atom. The third-order valence-corrected chi connectivity index (χ3v) is 9.80. The Hall–Kier alpha value is -1.11. The van der Waals surface area contributed by atoms with Crippen LogP contribution in [0, 0.1) is 11.3 Å². The molecule has 0 spiro atoms. The molecular formula is C19H33N3O3SSi. The molecule has 2 heterocycles. The van der Waals surface area contributed by atoms with Gasteiger partial charge in [0.1, 0.15) is 6.07 Å². The highest BCUT2D eigenvalue weighted by atomic mass is 32.1. The first-order chi connectivity index (χ1) is 12.6. The van der Waals surface area contributed by atoms with Gasteiger partial charge >= 0.3 is 0 Å². The third-order valence-electron chi connectivity index (χ3n) is 4.92. The largest absolute Gasteiger partial charge is 0.417 e. The van der Waals surface area contributed by atoms with Gasteiger partial charge in [0, 0.05) is 25.8 Å². The summed E-state index contributed by atoms with van der Waals surface area (Å²) in [7, 11) is -1.73. The fraction of sp³-hybridized carbons (Fsp3) is 0.684. The molecule has 0 saturated carbocycles. The Morgan fingerprint density at radius 2 is 1.96 bits per heavy atom. The molecule has 1 fully saturated rings. The molecule has 1 saturated heterocycles. The van der Waals surface area contributed by atoms with E-state index < -0.39 is 8.32 Å². The smallest absolute Gasteiger partial charge is 0.249 e. The molecule has 2 rings (SSSR count). The van der Waals surface area contributed by atoms with E-state index in [9.17, 15) is 4.79 Å². The molecule has 0 unspecified atom stereocenters. The highest BCUT2D eigenvalue weighted by Gasteiger charge is 2.36. The first-order valence-electron chi connectivity index (χ1n) is 9.36. The van der Waals surface area contributed by atoms with Crippen molar-refractivity contribution < 1.29 is 9.16 Å². The van der Waals surface area contributed by atoms with Crippen molar-refractivity contribution in [1.82, 2.24) is 10.3 Å². The standard InChI is InChI=1S/C15H24N2O2SSi.C4H9NO/c1-15(2,3)21(4,5)19-8-6-7-11-9-13(18)17-14(20)12(11)10-16;1-3-6-4-2-5-1/h9H,6-8H2,1-5H3,(H2,17,18,20);5H,1-4H2. The molecule has 0 bridgehead atoms. The number of aromatic nitrogens is 1. The number of morpholine rings is 1. The zero-order chi connectivity index (χ0) is 20.5. The molecule has 1 aliphatic heterocycles. The van der Waals surface area contributed by atoms with E-state index in [2.05, 4.69) is 62.9 Å². The van der Waals surface area contributed by atoms with Crippen LogP contribution in [0.4, 0.5) is 0 Å². The lowest BCUT2D eigenvalue weighted by molar-refractivity contribution is 0.109. The van der Waals surface area contributed by atoms with Crippen molar-refractivity contribution in [2.24, 2.45) is 0 Å². The Morgan fingerprint density at radius 1 is 1.33 bits per heavy atom. The summed E-state index contributed by atoms with van der Waals surface area (Å²) < 4.78 is 11.1. The number of hydrogen-bond donors (Lipinski definition) is 3. The molecule has 0 aromatic carbocycles. The van der Waals surface area contributed by atoms with Crippen LogP contribution < -0.4 is 10.9 Å². The molecular weight excluding hydrogens is 378 g/mol. The van der Waals surface area contributed by atoms with Crippen LogP contribution in [0.25, 0.3) is 0 Å².